The van der Waals surface area contributed by atoms with E-state index in [0.29, 0.717) is 11.4 Å². The van der Waals surface area contributed by atoms with Gasteiger partial charge in [-0.25, -0.2) is 4.98 Å². The minimum absolute atomic E-state index is 0.207. The summed E-state index contributed by atoms with van der Waals surface area (Å²) in [6, 6.07) is 7.39. The van der Waals surface area contributed by atoms with E-state index in [1.165, 1.54) is 57.8 Å². The van der Waals surface area contributed by atoms with Crippen LogP contribution in [0.3, 0.4) is 0 Å². The van der Waals surface area contributed by atoms with E-state index in [9.17, 15) is 9.59 Å². The molecule has 0 bridgehead atoms. The topological polar surface area (TPSA) is 104 Å². The van der Waals surface area contributed by atoms with Crippen LogP contribution in [0.25, 0.3) is 10.4 Å². The van der Waals surface area contributed by atoms with Crippen molar-refractivity contribution in [1.82, 2.24) is 19.9 Å². The molecule has 262 valence electrons. The molecule has 4 aromatic heterocycles. The van der Waals surface area contributed by atoms with E-state index in [1.807, 2.05) is 42.7 Å². The number of aryl methyl sites for hydroxylation is 2. The standard InChI is InChI=1S/C12H12N2O2S.C8H8BrNO2.C4H4NS.3C4H9.Sn/c1-8-13-7-11(17-8)9-3-4-10(14-6-9)5-12(15)16-2;1-12-8(11)4-7-3-2-6(9)5-10-7;1-4-5-2-3-6-4;3*1-3-4-2;/h3-4,6-7H,5H2,1-2H3;2-3,5H,4H2,1H3;2H,1H3;3*1,3-4H2,2H3;. The number of thiazole rings is 2. The molecule has 0 aliphatic heterocycles. The molecule has 48 heavy (non-hydrogen) atoms. The maximum atomic E-state index is 11.1. The first-order valence-corrected chi connectivity index (χ1v) is 26.5. The molecule has 0 aliphatic carbocycles. The van der Waals surface area contributed by atoms with Crippen molar-refractivity contribution < 1.29 is 19.1 Å². The first kappa shape index (κ1) is 41.9. The van der Waals surface area contributed by atoms with Crippen LogP contribution in [0, 0.1) is 13.8 Å². The van der Waals surface area contributed by atoms with E-state index >= 15 is 0 Å². The summed E-state index contributed by atoms with van der Waals surface area (Å²) in [5.74, 6) is -0.552. The van der Waals surface area contributed by atoms with Crippen molar-refractivity contribution >= 4 is 71.8 Å². The van der Waals surface area contributed by atoms with Gasteiger partial charge in [-0.1, -0.05) is 6.07 Å². The van der Waals surface area contributed by atoms with Gasteiger partial charge < -0.3 is 9.47 Å². The molecule has 0 N–H and O–H groups in total. The van der Waals surface area contributed by atoms with Crippen molar-refractivity contribution in [2.24, 2.45) is 0 Å². The fourth-order valence-corrected chi connectivity index (χ4v) is 26.0. The summed E-state index contributed by atoms with van der Waals surface area (Å²) in [6.45, 7) is 11.2. The number of aromatic nitrogens is 4. The van der Waals surface area contributed by atoms with E-state index in [0.717, 1.165) is 19.9 Å². The van der Waals surface area contributed by atoms with Gasteiger partial charge in [0.25, 0.3) is 0 Å². The third kappa shape index (κ3) is 15.1. The number of ether oxygens (including phenoxy) is 2. The Hall–Kier alpha value is -2.22. The van der Waals surface area contributed by atoms with Gasteiger partial charge in [-0.05, 0) is 41.1 Å². The molecule has 8 nitrogen and oxygen atoms in total. The Morgan fingerprint density at radius 1 is 0.688 bits per heavy atom. The first-order chi connectivity index (χ1) is 23.1. The Labute approximate surface area is 307 Å². The number of unbranched alkanes of at least 4 members (excludes halogenated alkanes) is 3. The summed E-state index contributed by atoms with van der Waals surface area (Å²) >= 11 is 4.78. The van der Waals surface area contributed by atoms with Crippen LogP contribution in [0.5, 0.6) is 0 Å². The van der Waals surface area contributed by atoms with Crippen LogP contribution < -0.4 is 2.89 Å². The molecule has 0 aromatic carbocycles. The molecule has 4 heterocycles. The van der Waals surface area contributed by atoms with Crippen molar-refractivity contribution in [1.29, 1.82) is 0 Å². The van der Waals surface area contributed by atoms with E-state index < -0.39 is 18.4 Å². The number of nitrogens with zero attached hydrogens (tertiary/aromatic N) is 4. The number of rotatable bonds is 15. The van der Waals surface area contributed by atoms with E-state index in [4.69, 9.17) is 0 Å². The van der Waals surface area contributed by atoms with Crippen molar-refractivity contribution in [3.8, 4) is 10.4 Å². The van der Waals surface area contributed by atoms with Gasteiger partial charge in [0, 0.05) is 28.6 Å². The molecule has 0 aliphatic rings. The second-order valence-electron chi connectivity index (χ2n) is 11.6. The molecule has 0 atom stereocenters. The second kappa shape index (κ2) is 23.2. The van der Waals surface area contributed by atoms with Crippen LogP contribution in [0.1, 0.15) is 80.7 Å². The number of esters is 2. The summed E-state index contributed by atoms with van der Waals surface area (Å²) in [7, 11) is 2.73. The predicted octanol–water partition coefficient (Wildman–Crippen LogP) is 9.30. The Morgan fingerprint density at radius 3 is 1.56 bits per heavy atom. The zero-order valence-electron chi connectivity index (χ0n) is 29.5. The molecule has 4 rings (SSSR count). The number of hydrogen-bond donors (Lipinski definition) is 0. The quantitative estimate of drug-likeness (QED) is 0.0861. The SMILES string of the molecule is CCC[CH2][Sn]([CH2]CCC)([CH2]CCC)[c]1cnc(C)s1.COC(=O)Cc1ccc(-c2cnc(C)s2)cn1.COC(=O)Cc1ccc(Br)cn1. The zero-order chi connectivity index (χ0) is 35.4. The molecule has 0 fully saturated rings. The largest absolute Gasteiger partial charge is 0.469 e. The molecule has 4 aromatic rings. The number of hydrogen-bond acceptors (Lipinski definition) is 10. The van der Waals surface area contributed by atoms with E-state index in [-0.39, 0.29) is 24.8 Å². The molecule has 0 saturated heterocycles. The third-order valence-corrected chi connectivity index (χ3v) is 28.3. The average molecular weight is 867 g/mol. The fraction of sp³-hybridized carbons (Fsp3) is 0.500. The molecular weight excluding hydrogens is 815 g/mol. The van der Waals surface area contributed by atoms with Crippen molar-refractivity contribution in [3.63, 3.8) is 0 Å². The van der Waals surface area contributed by atoms with Gasteiger partial charge in [0.1, 0.15) is 0 Å². The predicted molar refractivity (Wildman–Crippen MR) is 205 cm³/mol. The average Bonchev–Trinajstić information content (AvgIpc) is 3.74. The first-order valence-electron chi connectivity index (χ1n) is 16.6. The molecule has 0 spiro atoms. The Morgan fingerprint density at radius 2 is 1.19 bits per heavy atom. The molecule has 0 unspecified atom stereocenters. The second-order valence-corrected chi connectivity index (χ2v) is 29.1. The normalized spacial score (nSPS) is 10.8. The number of carbonyl (C=O) groups excluding carboxylic acids is 2. The maximum absolute atomic E-state index is 11.1. The molecular formula is C36H51BrN4O4S2Sn. The Balaban J connectivity index is 0.000000256. The molecule has 0 saturated carbocycles. The van der Waals surface area contributed by atoms with Crippen LogP contribution in [-0.4, -0.2) is 64.5 Å². The summed E-state index contributed by atoms with van der Waals surface area (Å²) < 4.78 is 16.4. The van der Waals surface area contributed by atoms with Gasteiger partial charge in [0.05, 0.1) is 48.3 Å². The number of carbonyl (C=O) groups is 2. The van der Waals surface area contributed by atoms with Crippen LogP contribution in [0.4, 0.5) is 0 Å². The Kier molecular flexibility index (Phi) is 20.3. The third-order valence-electron chi connectivity index (χ3n) is 7.80. The van der Waals surface area contributed by atoms with Gasteiger partial charge in [0.2, 0.25) is 0 Å². The summed E-state index contributed by atoms with van der Waals surface area (Å²) in [4.78, 5) is 40.0. The van der Waals surface area contributed by atoms with Gasteiger partial charge >= 0.3 is 140 Å². The van der Waals surface area contributed by atoms with Gasteiger partial charge in [-0.15, -0.1) is 11.3 Å². The number of halogens is 1. The van der Waals surface area contributed by atoms with Crippen LogP contribution in [0.15, 0.2) is 53.5 Å². The number of methoxy groups -OCH3 is 2. The minimum atomic E-state index is -2.12. The summed E-state index contributed by atoms with van der Waals surface area (Å²) in [5, 5.41) is 2.30. The summed E-state index contributed by atoms with van der Waals surface area (Å²) in [6.07, 6.45) is 16.3. The van der Waals surface area contributed by atoms with E-state index in [2.05, 4.69) is 79.2 Å². The van der Waals surface area contributed by atoms with Gasteiger partial charge in [-0.3, -0.25) is 19.6 Å². The van der Waals surface area contributed by atoms with Crippen LogP contribution in [0.2, 0.25) is 13.3 Å². The van der Waals surface area contributed by atoms with Crippen LogP contribution >= 0.6 is 38.6 Å². The Bertz CT molecular complexity index is 1470. The minimum Gasteiger partial charge on any atom is -0.469 e. The van der Waals surface area contributed by atoms with Crippen molar-refractivity contribution in [3.05, 3.63) is 74.9 Å². The van der Waals surface area contributed by atoms with Gasteiger partial charge in [0.15, 0.2) is 0 Å². The zero-order valence-corrected chi connectivity index (χ0v) is 35.6. The van der Waals surface area contributed by atoms with Crippen molar-refractivity contribution in [2.75, 3.05) is 14.2 Å². The van der Waals surface area contributed by atoms with Crippen LogP contribution in [-0.2, 0) is 31.9 Å². The smallest absolute Gasteiger partial charge is 0.311 e. The molecule has 12 heteroatoms. The molecule has 0 radical (unpaired) electrons. The van der Waals surface area contributed by atoms with Crippen molar-refractivity contribution in [2.45, 2.75) is 99.3 Å². The summed E-state index contributed by atoms with van der Waals surface area (Å²) in [5.41, 5.74) is 2.44. The van der Waals surface area contributed by atoms with Gasteiger partial charge in [-0.2, -0.15) is 0 Å². The maximum Gasteiger partial charge on any atom is 0.311 e. The number of pyridine rings is 2. The molecule has 0 amide bonds. The fourth-order valence-electron chi connectivity index (χ4n) is 5.02. The monoisotopic (exact) mass is 866 g/mol. The van der Waals surface area contributed by atoms with E-state index in [1.54, 1.807) is 46.0 Å².